The number of fused-ring (bicyclic) bond motifs is 4. The third-order valence-corrected chi connectivity index (χ3v) is 5.49. The van der Waals surface area contributed by atoms with Gasteiger partial charge in [-0.05, 0) is 48.9 Å². The van der Waals surface area contributed by atoms with Crippen molar-refractivity contribution in [2.45, 2.75) is 19.5 Å². The van der Waals surface area contributed by atoms with Crippen molar-refractivity contribution >= 4 is 34.2 Å². The SMILES string of the molecule is Cc1ccc2cc(C3NCc4c(Cl)cc(Cl)cc4-n4cccc43)oc2c1. The van der Waals surface area contributed by atoms with E-state index in [9.17, 15) is 0 Å². The van der Waals surface area contributed by atoms with Crippen LogP contribution in [0.25, 0.3) is 16.7 Å². The van der Waals surface area contributed by atoms with E-state index in [1.54, 1.807) is 6.07 Å². The van der Waals surface area contributed by atoms with Gasteiger partial charge in [-0.1, -0.05) is 35.3 Å². The maximum atomic E-state index is 6.47. The molecule has 1 N–H and O–H groups in total. The molecule has 4 aromatic rings. The van der Waals surface area contributed by atoms with Gasteiger partial charge in [-0.3, -0.25) is 5.32 Å². The summed E-state index contributed by atoms with van der Waals surface area (Å²) in [5, 5.41) is 5.99. The summed E-state index contributed by atoms with van der Waals surface area (Å²) in [6.45, 7) is 2.70. The molecule has 130 valence electrons. The van der Waals surface area contributed by atoms with Crippen molar-refractivity contribution < 1.29 is 4.42 Å². The van der Waals surface area contributed by atoms with Gasteiger partial charge in [0.2, 0.25) is 0 Å². The number of halogens is 2. The minimum Gasteiger partial charge on any atom is -0.459 e. The highest BCUT2D eigenvalue weighted by molar-refractivity contribution is 6.35. The van der Waals surface area contributed by atoms with Gasteiger partial charge in [0.15, 0.2) is 0 Å². The molecule has 0 amide bonds. The maximum Gasteiger partial charge on any atom is 0.134 e. The molecule has 0 bridgehead atoms. The smallest absolute Gasteiger partial charge is 0.134 e. The van der Waals surface area contributed by atoms with Gasteiger partial charge >= 0.3 is 0 Å². The van der Waals surface area contributed by atoms with Crippen molar-refractivity contribution in [2.75, 3.05) is 0 Å². The highest BCUT2D eigenvalue weighted by atomic mass is 35.5. The normalized spacial score (nSPS) is 16.3. The lowest BCUT2D eigenvalue weighted by atomic mass is 10.1. The van der Waals surface area contributed by atoms with Crippen LogP contribution < -0.4 is 5.32 Å². The predicted octanol–water partition coefficient (Wildman–Crippen LogP) is 6.03. The minimum atomic E-state index is -0.0695. The van der Waals surface area contributed by atoms with Gasteiger partial charge in [0.05, 0.1) is 5.69 Å². The summed E-state index contributed by atoms with van der Waals surface area (Å²) in [6.07, 6.45) is 2.04. The summed E-state index contributed by atoms with van der Waals surface area (Å²) in [7, 11) is 0. The number of aromatic nitrogens is 1. The van der Waals surface area contributed by atoms with E-state index < -0.39 is 0 Å². The quantitative estimate of drug-likeness (QED) is 0.435. The standard InChI is InChI=1S/C21H16Cl2N2O/c1-12-4-5-13-8-20(26-19(13)7-12)21-17-3-2-6-25(17)18-10-14(22)9-16(23)15(18)11-24-21/h2-10,21,24H,11H2,1H3. The van der Waals surface area contributed by atoms with E-state index in [1.807, 2.05) is 18.3 Å². The van der Waals surface area contributed by atoms with Gasteiger partial charge in [-0.2, -0.15) is 0 Å². The van der Waals surface area contributed by atoms with Crippen LogP contribution in [-0.2, 0) is 6.54 Å². The van der Waals surface area contributed by atoms with E-state index in [1.165, 1.54) is 5.56 Å². The van der Waals surface area contributed by atoms with Crippen LogP contribution in [0, 0.1) is 6.92 Å². The van der Waals surface area contributed by atoms with Gasteiger partial charge in [-0.25, -0.2) is 0 Å². The first-order valence-electron chi connectivity index (χ1n) is 8.49. The fourth-order valence-corrected chi connectivity index (χ4v) is 4.23. The molecular weight excluding hydrogens is 367 g/mol. The molecule has 1 unspecified atom stereocenters. The first kappa shape index (κ1) is 16.0. The molecule has 3 heterocycles. The van der Waals surface area contributed by atoms with Crippen LogP contribution in [0.3, 0.4) is 0 Å². The average molecular weight is 383 g/mol. The Labute approximate surface area is 161 Å². The zero-order chi connectivity index (χ0) is 17.8. The zero-order valence-electron chi connectivity index (χ0n) is 14.1. The van der Waals surface area contributed by atoms with Gasteiger partial charge in [0, 0.05) is 39.4 Å². The van der Waals surface area contributed by atoms with Crippen LogP contribution in [0.5, 0.6) is 0 Å². The molecule has 0 spiro atoms. The molecule has 0 aliphatic carbocycles. The fourth-order valence-electron chi connectivity index (χ4n) is 3.68. The number of nitrogens with zero attached hydrogens (tertiary/aromatic N) is 1. The molecule has 0 radical (unpaired) electrons. The van der Waals surface area contributed by atoms with Crippen molar-refractivity contribution in [3.8, 4) is 5.69 Å². The van der Waals surface area contributed by atoms with Crippen LogP contribution in [0.4, 0.5) is 0 Å². The number of nitrogens with one attached hydrogen (secondary N) is 1. The van der Waals surface area contributed by atoms with Crippen molar-refractivity contribution in [3.63, 3.8) is 0 Å². The summed E-state index contributed by atoms with van der Waals surface area (Å²) in [5.74, 6) is 0.889. The lowest BCUT2D eigenvalue weighted by molar-refractivity contribution is 0.465. The lowest BCUT2D eigenvalue weighted by Crippen LogP contribution is -2.20. The summed E-state index contributed by atoms with van der Waals surface area (Å²) in [5.41, 5.74) is 5.22. The second kappa shape index (κ2) is 5.92. The Morgan fingerprint density at radius 2 is 2.00 bits per heavy atom. The molecule has 1 aliphatic heterocycles. The van der Waals surface area contributed by atoms with Crippen LogP contribution in [0.2, 0.25) is 10.0 Å². The molecule has 2 aromatic heterocycles. The molecule has 0 saturated heterocycles. The second-order valence-electron chi connectivity index (χ2n) is 6.69. The van der Waals surface area contributed by atoms with Gasteiger partial charge < -0.3 is 8.98 Å². The Morgan fingerprint density at radius 1 is 1.12 bits per heavy atom. The third kappa shape index (κ3) is 2.47. The summed E-state index contributed by atoms with van der Waals surface area (Å²) in [4.78, 5) is 0. The molecule has 26 heavy (non-hydrogen) atoms. The van der Waals surface area contributed by atoms with Crippen LogP contribution in [0.1, 0.15) is 28.6 Å². The number of hydrogen-bond acceptors (Lipinski definition) is 2. The zero-order valence-corrected chi connectivity index (χ0v) is 15.6. The number of rotatable bonds is 1. The van der Waals surface area contributed by atoms with E-state index in [4.69, 9.17) is 27.6 Å². The molecule has 2 aromatic carbocycles. The van der Waals surface area contributed by atoms with E-state index in [2.05, 4.69) is 47.1 Å². The molecule has 1 aliphatic rings. The van der Waals surface area contributed by atoms with Crippen LogP contribution in [0.15, 0.2) is 59.1 Å². The molecule has 5 heteroatoms. The van der Waals surface area contributed by atoms with Gasteiger partial charge in [-0.15, -0.1) is 0 Å². The van der Waals surface area contributed by atoms with Crippen molar-refractivity contribution in [1.29, 1.82) is 0 Å². The van der Waals surface area contributed by atoms with E-state index in [-0.39, 0.29) is 6.04 Å². The number of aryl methyl sites for hydroxylation is 1. The maximum absolute atomic E-state index is 6.47. The molecule has 0 fully saturated rings. The fraction of sp³-hybridized carbons (Fsp3) is 0.143. The Hall–Kier alpha value is -2.20. The Balaban J connectivity index is 1.68. The summed E-state index contributed by atoms with van der Waals surface area (Å²) < 4.78 is 8.32. The summed E-state index contributed by atoms with van der Waals surface area (Å²) in [6, 6.07) is 16.2. The first-order chi connectivity index (χ1) is 12.6. The first-order valence-corrected chi connectivity index (χ1v) is 9.25. The second-order valence-corrected chi connectivity index (χ2v) is 7.54. The van der Waals surface area contributed by atoms with Crippen molar-refractivity contribution in [1.82, 2.24) is 9.88 Å². The largest absolute Gasteiger partial charge is 0.459 e. The molecule has 5 rings (SSSR count). The Kier molecular flexibility index (Phi) is 3.64. The lowest BCUT2D eigenvalue weighted by Gasteiger charge is -2.15. The summed E-state index contributed by atoms with van der Waals surface area (Å²) >= 11 is 12.7. The Bertz CT molecular complexity index is 1140. The van der Waals surface area contributed by atoms with Crippen LogP contribution >= 0.6 is 23.2 Å². The highest BCUT2D eigenvalue weighted by Crippen LogP contribution is 2.36. The Morgan fingerprint density at radius 3 is 2.88 bits per heavy atom. The molecule has 1 atom stereocenters. The number of hydrogen-bond donors (Lipinski definition) is 1. The van der Waals surface area contributed by atoms with Gasteiger partial charge in [0.25, 0.3) is 0 Å². The molecular formula is C21H16Cl2N2O. The minimum absolute atomic E-state index is 0.0695. The molecule has 0 saturated carbocycles. The van der Waals surface area contributed by atoms with Crippen molar-refractivity contribution in [2.24, 2.45) is 0 Å². The van der Waals surface area contributed by atoms with E-state index >= 15 is 0 Å². The number of benzene rings is 2. The van der Waals surface area contributed by atoms with Crippen LogP contribution in [-0.4, -0.2) is 4.57 Å². The molecule has 3 nitrogen and oxygen atoms in total. The highest BCUT2D eigenvalue weighted by Gasteiger charge is 2.27. The van der Waals surface area contributed by atoms with Gasteiger partial charge in [0.1, 0.15) is 17.4 Å². The number of furan rings is 1. The predicted molar refractivity (Wildman–Crippen MR) is 105 cm³/mol. The van der Waals surface area contributed by atoms with E-state index in [0.717, 1.165) is 33.7 Å². The average Bonchev–Trinajstić information content (AvgIpc) is 3.20. The third-order valence-electron chi connectivity index (χ3n) is 4.93. The van der Waals surface area contributed by atoms with E-state index in [0.29, 0.717) is 16.6 Å². The topological polar surface area (TPSA) is 30.1 Å². The monoisotopic (exact) mass is 382 g/mol. The van der Waals surface area contributed by atoms with Crippen molar-refractivity contribution in [3.05, 3.63) is 87.4 Å².